The summed E-state index contributed by atoms with van der Waals surface area (Å²) >= 11 is 1.41. The molecule has 0 spiro atoms. The molecule has 2 aromatic rings. The van der Waals surface area contributed by atoms with Gasteiger partial charge in [0, 0.05) is 24.0 Å². The van der Waals surface area contributed by atoms with Crippen LogP contribution < -0.4 is 21.1 Å². The largest absolute Gasteiger partial charge is 0.497 e. The van der Waals surface area contributed by atoms with E-state index in [1.807, 2.05) is 5.38 Å². The predicted octanol–water partition coefficient (Wildman–Crippen LogP) is 1.91. The van der Waals surface area contributed by atoms with Gasteiger partial charge in [0.05, 0.1) is 18.7 Å². The van der Waals surface area contributed by atoms with Crippen molar-refractivity contribution in [1.29, 1.82) is 0 Å². The molecular formula is C17H20N4O3S. The number of anilines is 2. The summed E-state index contributed by atoms with van der Waals surface area (Å²) in [6.07, 6.45) is 1.65. The number of fused-ring (bicyclic) bond motifs is 1. The molecule has 4 N–H and O–H groups in total. The van der Waals surface area contributed by atoms with Crippen molar-refractivity contribution in [3.05, 3.63) is 34.8 Å². The quantitative estimate of drug-likeness (QED) is 0.682. The first-order valence-corrected chi connectivity index (χ1v) is 8.90. The van der Waals surface area contributed by atoms with Crippen LogP contribution in [0, 0.1) is 0 Å². The molecule has 1 aliphatic heterocycles. The van der Waals surface area contributed by atoms with Gasteiger partial charge in [-0.2, -0.15) is 0 Å². The van der Waals surface area contributed by atoms with E-state index >= 15 is 0 Å². The molecule has 1 aromatic heterocycles. The van der Waals surface area contributed by atoms with Crippen molar-refractivity contribution in [2.75, 3.05) is 24.7 Å². The number of nitrogens with two attached hydrogens (primary N) is 1. The molecule has 25 heavy (non-hydrogen) atoms. The average molecular weight is 360 g/mol. The number of hydrogen-bond donors (Lipinski definition) is 3. The summed E-state index contributed by atoms with van der Waals surface area (Å²) < 4.78 is 5.22. The summed E-state index contributed by atoms with van der Waals surface area (Å²) in [6, 6.07) is 5.33. The van der Waals surface area contributed by atoms with Crippen LogP contribution in [0.25, 0.3) is 0 Å². The van der Waals surface area contributed by atoms with Crippen LogP contribution in [0.3, 0.4) is 0 Å². The number of hydrogen-bond acceptors (Lipinski definition) is 6. The fraction of sp³-hybridized carbons (Fsp3) is 0.353. The molecular weight excluding hydrogens is 340 g/mol. The Bertz CT molecular complexity index is 790. The van der Waals surface area contributed by atoms with Crippen LogP contribution in [0.2, 0.25) is 0 Å². The number of amides is 2. The SMILES string of the molecule is COc1ccc2c(c1)C(C(=O)NCCCc1csc(N)n1)CC(=O)N2. The topological polar surface area (TPSA) is 106 Å². The van der Waals surface area contributed by atoms with Crippen LogP contribution in [0.15, 0.2) is 23.6 Å². The molecule has 1 aromatic carbocycles. The lowest BCUT2D eigenvalue weighted by Gasteiger charge is -2.25. The Balaban J connectivity index is 1.61. The maximum Gasteiger partial charge on any atom is 0.228 e. The van der Waals surface area contributed by atoms with Crippen LogP contribution >= 0.6 is 11.3 Å². The minimum absolute atomic E-state index is 0.134. The van der Waals surface area contributed by atoms with Crippen LogP contribution in [-0.2, 0) is 16.0 Å². The van der Waals surface area contributed by atoms with Gasteiger partial charge in [-0.1, -0.05) is 0 Å². The van der Waals surface area contributed by atoms with E-state index in [-0.39, 0.29) is 18.2 Å². The van der Waals surface area contributed by atoms with Gasteiger partial charge in [0.15, 0.2) is 5.13 Å². The highest BCUT2D eigenvalue weighted by Gasteiger charge is 2.30. The van der Waals surface area contributed by atoms with E-state index < -0.39 is 5.92 Å². The van der Waals surface area contributed by atoms with Gasteiger partial charge in [-0.25, -0.2) is 4.98 Å². The number of thiazole rings is 1. The van der Waals surface area contributed by atoms with E-state index in [1.54, 1.807) is 25.3 Å². The number of ether oxygens (including phenoxy) is 1. The van der Waals surface area contributed by atoms with Crippen molar-refractivity contribution in [2.24, 2.45) is 0 Å². The molecule has 2 amide bonds. The third kappa shape index (κ3) is 4.08. The Kier molecular flexibility index (Phi) is 5.18. The lowest BCUT2D eigenvalue weighted by molar-refractivity contribution is -0.126. The van der Waals surface area contributed by atoms with Crippen molar-refractivity contribution < 1.29 is 14.3 Å². The molecule has 2 heterocycles. The van der Waals surface area contributed by atoms with Crippen LogP contribution in [0.4, 0.5) is 10.8 Å². The second kappa shape index (κ2) is 7.52. The van der Waals surface area contributed by atoms with Gasteiger partial charge < -0.3 is 21.1 Å². The number of rotatable bonds is 6. The van der Waals surface area contributed by atoms with E-state index in [1.165, 1.54) is 11.3 Å². The highest BCUT2D eigenvalue weighted by atomic mass is 32.1. The fourth-order valence-electron chi connectivity index (χ4n) is 2.84. The number of methoxy groups -OCH3 is 1. The molecule has 0 aliphatic carbocycles. The number of aryl methyl sites for hydroxylation is 1. The molecule has 0 saturated heterocycles. The number of carbonyl (C=O) groups is 2. The molecule has 0 radical (unpaired) electrons. The minimum atomic E-state index is -0.506. The van der Waals surface area contributed by atoms with E-state index in [9.17, 15) is 9.59 Å². The summed E-state index contributed by atoms with van der Waals surface area (Å²) in [4.78, 5) is 28.6. The minimum Gasteiger partial charge on any atom is -0.497 e. The summed E-state index contributed by atoms with van der Waals surface area (Å²) in [7, 11) is 1.57. The van der Waals surface area contributed by atoms with Crippen molar-refractivity contribution in [3.8, 4) is 5.75 Å². The smallest absolute Gasteiger partial charge is 0.228 e. The van der Waals surface area contributed by atoms with Crippen LogP contribution in [0.5, 0.6) is 5.75 Å². The molecule has 3 rings (SSSR count). The third-order valence-corrected chi connectivity index (χ3v) is 4.82. The molecule has 1 unspecified atom stereocenters. The number of carbonyl (C=O) groups excluding carboxylic acids is 2. The second-order valence-electron chi connectivity index (χ2n) is 5.83. The van der Waals surface area contributed by atoms with Crippen LogP contribution in [-0.4, -0.2) is 30.5 Å². The normalized spacial score (nSPS) is 16.0. The van der Waals surface area contributed by atoms with Gasteiger partial charge in [-0.05, 0) is 36.6 Å². The Morgan fingerprint density at radius 3 is 3.08 bits per heavy atom. The van der Waals surface area contributed by atoms with Gasteiger partial charge in [0.2, 0.25) is 11.8 Å². The van der Waals surface area contributed by atoms with E-state index in [0.29, 0.717) is 23.1 Å². The van der Waals surface area contributed by atoms with Crippen molar-refractivity contribution in [2.45, 2.75) is 25.2 Å². The van der Waals surface area contributed by atoms with E-state index in [2.05, 4.69) is 15.6 Å². The zero-order valence-corrected chi connectivity index (χ0v) is 14.7. The summed E-state index contributed by atoms with van der Waals surface area (Å²) in [6.45, 7) is 0.522. The third-order valence-electron chi connectivity index (χ3n) is 4.09. The molecule has 0 bridgehead atoms. The summed E-state index contributed by atoms with van der Waals surface area (Å²) in [5.41, 5.74) is 7.98. The van der Waals surface area contributed by atoms with Crippen molar-refractivity contribution >= 4 is 34.0 Å². The second-order valence-corrected chi connectivity index (χ2v) is 6.72. The number of nitrogens with one attached hydrogen (secondary N) is 2. The van der Waals surface area contributed by atoms with Crippen LogP contribution in [0.1, 0.15) is 30.0 Å². The molecule has 132 valence electrons. The zero-order chi connectivity index (χ0) is 17.8. The highest BCUT2D eigenvalue weighted by molar-refractivity contribution is 7.13. The summed E-state index contributed by atoms with van der Waals surface area (Å²) in [5, 5.41) is 8.18. The van der Waals surface area contributed by atoms with Gasteiger partial charge in [0.1, 0.15) is 5.75 Å². The fourth-order valence-corrected chi connectivity index (χ4v) is 3.44. The first-order valence-electron chi connectivity index (χ1n) is 8.02. The monoisotopic (exact) mass is 360 g/mol. The first-order chi connectivity index (χ1) is 12.1. The zero-order valence-electron chi connectivity index (χ0n) is 13.9. The number of nitrogen functional groups attached to an aromatic ring is 1. The molecule has 0 fully saturated rings. The number of benzene rings is 1. The number of nitrogens with zero attached hydrogens (tertiary/aromatic N) is 1. The lowest BCUT2D eigenvalue weighted by atomic mass is 9.89. The summed E-state index contributed by atoms with van der Waals surface area (Å²) in [5.74, 6) is -0.152. The lowest BCUT2D eigenvalue weighted by Crippen LogP contribution is -2.35. The Labute approximate surface area is 149 Å². The van der Waals surface area contributed by atoms with Crippen molar-refractivity contribution in [3.63, 3.8) is 0 Å². The Morgan fingerprint density at radius 1 is 1.52 bits per heavy atom. The predicted molar refractivity (Wildman–Crippen MR) is 96.8 cm³/mol. The maximum atomic E-state index is 12.6. The number of aromatic nitrogens is 1. The highest BCUT2D eigenvalue weighted by Crippen LogP contribution is 2.34. The van der Waals surface area contributed by atoms with Gasteiger partial charge in [-0.3, -0.25) is 9.59 Å². The van der Waals surface area contributed by atoms with Gasteiger partial charge in [-0.15, -0.1) is 11.3 Å². The Morgan fingerprint density at radius 2 is 2.36 bits per heavy atom. The molecule has 1 atom stereocenters. The Hall–Kier alpha value is -2.61. The van der Waals surface area contributed by atoms with Gasteiger partial charge >= 0.3 is 0 Å². The standard InChI is InChI=1S/C17H20N4O3S/c1-24-11-4-5-14-12(7-11)13(8-15(22)21-14)16(23)19-6-2-3-10-9-25-17(18)20-10/h4-5,7,9,13H,2-3,6,8H2,1H3,(H2,18,20)(H,19,23)(H,21,22). The molecule has 0 saturated carbocycles. The maximum absolute atomic E-state index is 12.6. The molecule has 1 aliphatic rings. The average Bonchev–Trinajstić information content (AvgIpc) is 3.02. The van der Waals surface area contributed by atoms with Gasteiger partial charge in [0.25, 0.3) is 0 Å². The molecule has 8 heteroatoms. The van der Waals surface area contributed by atoms with E-state index in [4.69, 9.17) is 10.5 Å². The van der Waals surface area contributed by atoms with E-state index in [0.717, 1.165) is 24.1 Å². The molecule has 7 nitrogen and oxygen atoms in total. The van der Waals surface area contributed by atoms with Crippen molar-refractivity contribution in [1.82, 2.24) is 10.3 Å². The first kappa shape index (κ1) is 17.2.